The number of hydrogen-bond donors (Lipinski definition) is 1. The van der Waals surface area contributed by atoms with Gasteiger partial charge in [0.25, 0.3) is 0 Å². The maximum Gasteiger partial charge on any atom is 0.134 e. The molecule has 1 N–H and O–H groups in total. The van der Waals surface area contributed by atoms with Crippen LogP contribution in [-0.2, 0) is 6.42 Å². The third kappa shape index (κ3) is 2.02. The summed E-state index contributed by atoms with van der Waals surface area (Å²) in [6, 6.07) is 3.88. The average molecular weight is 294 g/mol. The summed E-state index contributed by atoms with van der Waals surface area (Å²) in [7, 11) is 0. The highest BCUT2D eigenvalue weighted by atomic mass is 79.9. The average Bonchev–Trinajstić information content (AvgIpc) is 2.07. The summed E-state index contributed by atoms with van der Waals surface area (Å²) >= 11 is 6.63. The molecular weight excluding hydrogens is 284 g/mol. The van der Waals surface area contributed by atoms with Gasteiger partial charge in [0, 0.05) is 4.47 Å². The summed E-state index contributed by atoms with van der Waals surface area (Å²) in [6.45, 7) is 2.09. The molecule has 3 heteroatoms. The van der Waals surface area contributed by atoms with Gasteiger partial charge in [-0.3, -0.25) is 0 Å². The first-order valence-electron chi connectivity index (χ1n) is 3.82. The van der Waals surface area contributed by atoms with E-state index in [1.807, 2.05) is 12.1 Å². The van der Waals surface area contributed by atoms with Gasteiger partial charge in [0.15, 0.2) is 0 Å². The minimum atomic E-state index is 0.353. The lowest BCUT2D eigenvalue weighted by Gasteiger charge is -2.05. The molecule has 12 heavy (non-hydrogen) atoms. The summed E-state index contributed by atoms with van der Waals surface area (Å²) in [5.41, 5.74) is 0.993. The van der Waals surface area contributed by atoms with E-state index in [2.05, 4.69) is 38.8 Å². The number of aryl methyl sites for hydroxylation is 1. The largest absolute Gasteiger partial charge is 0.506 e. The quantitative estimate of drug-likeness (QED) is 0.878. The van der Waals surface area contributed by atoms with Crippen molar-refractivity contribution in [3.63, 3.8) is 0 Å². The van der Waals surface area contributed by atoms with Crippen molar-refractivity contribution >= 4 is 31.9 Å². The van der Waals surface area contributed by atoms with Crippen molar-refractivity contribution < 1.29 is 5.11 Å². The predicted octanol–water partition coefficient (Wildman–Crippen LogP) is 3.87. The van der Waals surface area contributed by atoms with Crippen LogP contribution >= 0.6 is 31.9 Å². The number of benzene rings is 1. The van der Waals surface area contributed by atoms with E-state index in [4.69, 9.17) is 0 Å². The SMILES string of the molecule is CCCc1ccc(Br)c(Br)c1O. The van der Waals surface area contributed by atoms with Crippen molar-refractivity contribution in [1.29, 1.82) is 0 Å². The second-order valence-electron chi connectivity index (χ2n) is 2.62. The number of halogens is 2. The maximum atomic E-state index is 9.63. The fraction of sp³-hybridized carbons (Fsp3) is 0.333. The molecule has 66 valence electrons. The molecule has 0 amide bonds. The molecule has 1 aromatic carbocycles. The molecule has 0 saturated carbocycles. The van der Waals surface area contributed by atoms with E-state index in [1.165, 1.54) is 0 Å². The van der Waals surface area contributed by atoms with Crippen molar-refractivity contribution in [2.75, 3.05) is 0 Å². The molecule has 0 unspecified atom stereocenters. The van der Waals surface area contributed by atoms with Gasteiger partial charge in [-0.2, -0.15) is 0 Å². The summed E-state index contributed by atoms with van der Waals surface area (Å²) in [5, 5.41) is 9.63. The van der Waals surface area contributed by atoms with E-state index < -0.39 is 0 Å². The van der Waals surface area contributed by atoms with Crippen LogP contribution in [0.4, 0.5) is 0 Å². The van der Waals surface area contributed by atoms with E-state index in [1.54, 1.807) is 0 Å². The zero-order valence-corrected chi connectivity index (χ0v) is 9.94. The fourth-order valence-electron chi connectivity index (χ4n) is 1.05. The smallest absolute Gasteiger partial charge is 0.134 e. The lowest BCUT2D eigenvalue weighted by Crippen LogP contribution is -1.85. The van der Waals surface area contributed by atoms with Crippen LogP contribution < -0.4 is 0 Å². The summed E-state index contributed by atoms with van der Waals surface area (Å²) < 4.78 is 1.63. The van der Waals surface area contributed by atoms with E-state index >= 15 is 0 Å². The molecular formula is C9H10Br2O. The molecule has 0 aliphatic carbocycles. The molecule has 1 rings (SSSR count). The van der Waals surface area contributed by atoms with Crippen molar-refractivity contribution in [1.82, 2.24) is 0 Å². The Bertz CT molecular complexity index is 284. The van der Waals surface area contributed by atoms with Gasteiger partial charge in [0.05, 0.1) is 4.47 Å². The maximum absolute atomic E-state index is 9.63. The zero-order chi connectivity index (χ0) is 9.14. The molecule has 0 aliphatic heterocycles. The Kier molecular flexibility index (Phi) is 3.59. The minimum Gasteiger partial charge on any atom is -0.506 e. The molecule has 0 atom stereocenters. The highest BCUT2D eigenvalue weighted by Gasteiger charge is 2.07. The number of phenolic OH excluding ortho intramolecular Hbond substituents is 1. The predicted molar refractivity (Wildman–Crippen MR) is 57.5 cm³/mol. The highest BCUT2D eigenvalue weighted by Crippen LogP contribution is 2.34. The first kappa shape index (κ1) is 10.1. The zero-order valence-electron chi connectivity index (χ0n) is 6.77. The lowest BCUT2D eigenvalue weighted by atomic mass is 10.1. The van der Waals surface area contributed by atoms with Gasteiger partial charge in [0.2, 0.25) is 0 Å². The molecule has 0 saturated heterocycles. The minimum absolute atomic E-state index is 0.353. The van der Waals surface area contributed by atoms with E-state index in [0.29, 0.717) is 5.75 Å². The van der Waals surface area contributed by atoms with Crippen LogP contribution in [0.3, 0.4) is 0 Å². The number of rotatable bonds is 2. The van der Waals surface area contributed by atoms with Crippen LogP contribution in [0.1, 0.15) is 18.9 Å². The second-order valence-corrected chi connectivity index (χ2v) is 4.27. The van der Waals surface area contributed by atoms with Gasteiger partial charge in [-0.05, 0) is 49.9 Å². The lowest BCUT2D eigenvalue weighted by molar-refractivity contribution is 0.463. The Labute approximate surface area is 89.1 Å². The van der Waals surface area contributed by atoms with Gasteiger partial charge in [-0.25, -0.2) is 0 Å². The molecule has 0 aromatic heterocycles. The van der Waals surface area contributed by atoms with Gasteiger partial charge in [0.1, 0.15) is 5.75 Å². The standard InChI is InChI=1S/C9H10Br2O/c1-2-3-6-4-5-7(10)8(11)9(6)12/h4-5,12H,2-3H2,1H3. The van der Waals surface area contributed by atoms with Gasteiger partial charge in [-0.1, -0.05) is 19.4 Å². The van der Waals surface area contributed by atoms with Crippen LogP contribution in [0.15, 0.2) is 21.1 Å². The first-order valence-corrected chi connectivity index (χ1v) is 5.41. The Hall–Kier alpha value is -0.0200. The van der Waals surface area contributed by atoms with Gasteiger partial charge in [-0.15, -0.1) is 0 Å². The highest BCUT2D eigenvalue weighted by molar-refractivity contribution is 9.13. The number of hydrogen-bond acceptors (Lipinski definition) is 1. The fourth-order valence-corrected chi connectivity index (χ4v) is 1.76. The van der Waals surface area contributed by atoms with E-state index in [-0.39, 0.29) is 0 Å². The van der Waals surface area contributed by atoms with Crippen molar-refractivity contribution in [3.05, 3.63) is 26.6 Å². The first-order chi connectivity index (χ1) is 5.66. The molecule has 1 nitrogen and oxygen atoms in total. The monoisotopic (exact) mass is 292 g/mol. The summed E-state index contributed by atoms with van der Waals surface area (Å²) in [5.74, 6) is 0.353. The van der Waals surface area contributed by atoms with Gasteiger partial charge < -0.3 is 5.11 Å². The van der Waals surface area contributed by atoms with Crippen LogP contribution in [0, 0.1) is 0 Å². The Morgan fingerprint density at radius 2 is 2.00 bits per heavy atom. The third-order valence-corrected chi connectivity index (χ3v) is 3.67. The number of aromatic hydroxyl groups is 1. The van der Waals surface area contributed by atoms with Crippen LogP contribution in [0.5, 0.6) is 5.75 Å². The molecule has 0 aliphatic rings. The number of phenols is 1. The molecule has 0 fully saturated rings. The van der Waals surface area contributed by atoms with Crippen molar-refractivity contribution in [2.45, 2.75) is 19.8 Å². The van der Waals surface area contributed by atoms with Crippen molar-refractivity contribution in [3.8, 4) is 5.75 Å². The van der Waals surface area contributed by atoms with Crippen LogP contribution in [-0.4, -0.2) is 5.11 Å². The molecule has 0 spiro atoms. The molecule has 0 bridgehead atoms. The normalized spacial score (nSPS) is 10.2. The Morgan fingerprint density at radius 1 is 1.33 bits per heavy atom. The summed E-state index contributed by atoms with van der Waals surface area (Å²) in [4.78, 5) is 0. The Morgan fingerprint density at radius 3 is 2.58 bits per heavy atom. The molecule has 0 radical (unpaired) electrons. The van der Waals surface area contributed by atoms with E-state index in [9.17, 15) is 5.11 Å². The topological polar surface area (TPSA) is 20.2 Å². The molecule has 1 aromatic rings. The van der Waals surface area contributed by atoms with Crippen LogP contribution in [0.2, 0.25) is 0 Å². The third-order valence-electron chi connectivity index (χ3n) is 1.67. The van der Waals surface area contributed by atoms with Crippen LogP contribution in [0.25, 0.3) is 0 Å². The van der Waals surface area contributed by atoms with Crippen molar-refractivity contribution in [2.24, 2.45) is 0 Å². The van der Waals surface area contributed by atoms with E-state index in [0.717, 1.165) is 27.4 Å². The van der Waals surface area contributed by atoms with Gasteiger partial charge >= 0.3 is 0 Å². The summed E-state index contributed by atoms with van der Waals surface area (Å²) in [6.07, 6.45) is 1.96. The Balaban J connectivity index is 3.08. The second kappa shape index (κ2) is 4.28. The molecule has 0 heterocycles.